The predicted octanol–water partition coefficient (Wildman–Crippen LogP) is 4.14. The van der Waals surface area contributed by atoms with Gasteiger partial charge in [0, 0.05) is 15.8 Å². The van der Waals surface area contributed by atoms with Gasteiger partial charge < -0.3 is 20.7 Å². The van der Waals surface area contributed by atoms with Crippen LogP contribution in [0.25, 0.3) is 0 Å². The summed E-state index contributed by atoms with van der Waals surface area (Å²) < 4.78 is 6.44. The van der Waals surface area contributed by atoms with Crippen molar-refractivity contribution in [3.8, 4) is 5.75 Å². The van der Waals surface area contributed by atoms with Crippen LogP contribution in [-0.4, -0.2) is 30.9 Å². The zero-order chi connectivity index (χ0) is 22.9. The molecule has 0 unspecified atom stereocenters. The number of halogens is 1. The fraction of sp³-hybridized carbons (Fsp3) is 0.125. The van der Waals surface area contributed by atoms with Crippen molar-refractivity contribution in [2.45, 2.75) is 6.92 Å². The summed E-state index contributed by atoms with van der Waals surface area (Å²) in [6, 6.07) is 21.1. The lowest BCUT2D eigenvalue weighted by molar-refractivity contribution is -0.125. The molecule has 0 fully saturated rings. The third kappa shape index (κ3) is 6.68. The summed E-state index contributed by atoms with van der Waals surface area (Å²) in [5.41, 5.74) is 2.51. The van der Waals surface area contributed by atoms with Gasteiger partial charge in [0.05, 0.1) is 12.1 Å². The standard InChI is InChI=1S/C24H22BrN3O4/c1-16-13-17(25)11-12-20(16)28-22(29)14-26-23(30)15-32-21-10-6-5-9-19(21)24(31)27-18-7-3-2-4-8-18/h2-13H,14-15H2,1H3,(H,26,30)(H,27,31)(H,28,29). The van der Waals surface area contributed by atoms with Gasteiger partial charge in [-0.25, -0.2) is 0 Å². The van der Waals surface area contributed by atoms with Crippen molar-refractivity contribution in [1.82, 2.24) is 5.32 Å². The number of benzene rings is 3. The Bertz CT molecular complexity index is 1120. The van der Waals surface area contributed by atoms with E-state index in [2.05, 4.69) is 31.9 Å². The highest BCUT2D eigenvalue weighted by atomic mass is 79.9. The highest BCUT2D eigenvalue weighted by Crippen LogP contribution is 2.21. The number of rotatable bonds is 8. The Labute approximate surface area is 194 Å². The van der Waals surface area contributed by atoms with Crippen LogP contribution in [-0.2, 0) is 9.59 Å². The minimum absolute atomic E-state index is 0.201. The van der Waals surface area contributed by atoms with Gasteiger partial charge >= 0.3 is 0 Å². The number of ether oxygens (including phenoxy) is 1. The number of amides is 3. The summed E-state index contributed by atoms with van der Waals surface area (Å²) in [6.07, 6.45) is 0. The molecule has 0 aliphatic heterocycles. The summed E-state index contributed by atoms with van der Waals surface area (Å²) in [5.74, 6) is -0.917. The van der Waals surface area contributed by atoms with Gasteiger partial charge in [-0.05, 0) is 55.0 Å². The number of hydrogen-bond donors (Lipinski definition) is 3. The maximum absolute atomic E-state index is 12.6. The highest BCUT2D eigenvalue weighted by molar-refractivity contribution is 9.10. The number of carbonyl (C=O) groups is 3. The zero-order valence-corrected chi connectivity index (χ0v) is 18.9. The molecule has 0 heterocycles. The molecule has 0 saturated heterocycles. The Kier molecular flexibility index (Phi) is 7.99. The van der Waals surface area contributed by atoms with Crippen LogP contribution in [0.1, 0.15) is 15.9 Å². The van der Waals surface area contributed by atoms with E-state index in [1.54, 1.807) is 42.5 Å². The lowest BCUT2D eigenvalue weighted by Crippen LogP contribution is -2.36. The lowest BCUT2D eigenvalue weighted by Gasteiger charge is -2.12. The molecule has 0 radical (unpaired) electrons. The Balaban J connectivity index is 1.50. The molecule has 3 N–H and O–H groups in total. The molecule has 3 aromatic carbocycles. The maximum Gasteiger partial charge on any atom is 0.259 e. The normalized spacial score (nSPS) is 10.2. The Hall–Kier alpha value is -3.65. The fourth-order valence-electron chi connectivity index (χ4n) is 2.83. The van der Waals surface area contributed by atoms with E-state index < -0.39 is 5.91 Å². The van der Waals surface area contributed by atoms with Crippen LogP contribution < -0.4 is 20.7 Å². The maximum atomic E-state index is 12.6. The van der Waals surface area contributed by atoms with Crippen molar-refractivity contribution in [2.24, 2.45) is 0 Å². The predicted molar refractivity (Wildman–Crippen MR) is 127 cm³/mol. The molecule has 7 nitrogen and oxygen atoms in total. The number of hydrogen-bond acceptors (Lipinski definition) is 4. The molecule has 0 atom stereocenters. The molecule has 164 valence electrons. The van der Waals surface area contributed by atoms with E-state index in [-0.39, 0.29) is 30.7 Å². The molecule has 3 amide bonds. The van der Waals surface area contributed by atoms with Crippen molar-refractivity contribution in [1.29, 1.82) is 0 Å². The third-order valence-electron chi connectivity index (χ3n) is 4.43. The van der Waals surface area contributed by atoms with Crippen molar-refractivity contribution < 1.29 is 19.1 Å². The van der Waals surface area contributed by atoms with Crippen molar-refractivity contribution >= 4 is 45.0 Å². The average molecular weight is 496 g/mol. The van der Waals surface area contributed by atoms with Crippen molar-refractivity contribution in [2.75, 3.05) is 23.8 Å². The molecule has 3 rings (SSSR count). The summed E-state index contributed by atoms with van der Waals surface area (Å²) in [7, 11) is 0. The number of aryl methyl sites for hydroxylation is 1. The number of para-hydroxylation sites is 2. The largest absolute Gasteiger partial charge is 0.483 e. The van der Waals surface area contributed by atoms with Crippen LogP contribution in [0.2, 0.25) is 0 Å². The molecule has 0 aliphatic rings. The van der Waals surface area contributed by atoms with E-state index in [4.69, 9.17) is 4.74 Å². The Morgan fingerprint density at radius 2 is 1.59 bits per heavy atom. The molecule has 0 aromatic heterocycles. The quantitative estimate of drug-likeness (QED) is 0.437. The van der Waals surface area contributed by atoms with Crippen molar-refractivity contribution in [3.05, 3.63) is 88.4 Å². The summed E-state index contributed by atoms with van der Waals surface area (Å²) in [4.78, 5) is 36.8. The van der Waals surface area contributed by atoms with E-state index in [0.29, 0.717) is 16.9 Å². The van der Waals surface area contributed by atoms with E-state index >= 15 is 0 Å². The minimum atomic E-state index is -0.481. The molecule has 32 heavy (non-hydrogen) atoms. The second kappa shape index (κ2) is 11.1. The van der Waals surface area contributed by atoms with E-state index in [1.807, 2.05) is 37.3 Å². The molecule has 0 saturated carbocycles. The number of anilines is 2. The van der Waals surface area contributed by atoms with Crippen LogP contribution in [0, 0.1) is 6.92 Å². The van der Waals surface area contributed by atoms with E-state index in [0.717, 1.165) is 10.0 Å². The highest BCUT2D eigenvalue weighted by Gasteiger charge is 2.14. The van der Waals surface area contributed by atoms with Crippen LogP contribution in [0.4, 0.5) is 11.4 Å². The summed E-state index contributed by atoms with van der Waals surface area (Å²) >= 11 is 3.37. The first kappa shape index (κ1) is 23.0. The first-order valence-corrected chi connectivity index (χ1v) is 10.6. The molecule has 0 aliphatic carbocycles. The molecule has 8 heteroatoms. The second-order valence-electron chi connectivity index (χ2n) is 6.89. The van der Waals surface area contributed by atoms with E-state index in [1.165, 1.54) is 0 Å². The summed E-state index contributed by atoms with van der Waals surface area (Å²) in [6.45, 7) is 1.34. The van der Waals surface area contributed by atoms with Gasteiger partial charge in [0.2, 0.25) is 5.91 Å². The van der Waals surface area contributed by atoms with Crippen LogP contribution in [0.5, 0.6) is 5.75 Å². The fourth-order valence-corrected chi connectivity index (χ4v) is 3.31. The van der Waals surface area contributed by atoms with E-state index in [9.17, 15) is 14.4 Å². The van der Waals surface area contributed by atoms with Gasteiger partial charge in [0.1, 0.15) is 5.75 Å². The topological polar surface area (TPSA) is 96.5 Å². The SMILES string of the molecule is Cc1cc(Br)ccc1NC(=O)CNC(=O)COc1ccccc1C(=O)Nc1ccccc1. The van der Waals surface area contributed by atoms with Crippen molar-refractivity contribution in [3.63, 3.8) is 0 Å². The minimum Gasteiger partial charge on any atom is -0.483 e. The molecule has 0 bridgehead atoms. The third-order valence-corrected chi connectivity index (χ3v) is 4.92. The van der Waals surface area contributed by atoms with Gasteiger partial charge in [-0.3, -0.25) is 14.4 Å². The number of carbonyl (C=O) groups excluding carboxylic acids is 3. The van der Waals surface area contributed by atoms with Crippen LogP contribution in [0.3, 0.4) is 0 Å². The van der Waals surface area contributed by atoms with Crippen LogP contribution >= 0.6 is 15.9 Å². The molecule has 3 aromatic rings. The first-order chi connectivity index (χ1) is 15.4. The van der Waals surface area contributed by atoms with Gasteiger partial charge in [-0.1, -0.05) is 46.3 Å². The molecule has 0 spiro atoms. The Morgan fingerprint density at radius 1 is 0.875 bits per heavy atom. The zero-order valence-electron chi connectivity index (χ0n) is 17.4. The van der Waals surface area contributed by atoms with Gasteiger partial charge in [0.15, 0.2) is 6.61 Å². The van der Waals surface area contributed by atoms with Gasteiger partial charge in [-0.2, -0.15) is 0 Å². The lowest BCUT2D eigenvalue weighted by atomic mass is 10.2. The monoisotopic (exact) mass is 495 g/mol. The van der Waals surface area contributed by atoms with Gasteiger partial charge in [-0.15, -0.1) is 0 Å². The molecular formula is C24H22BrN3O4. The molecular weight excluding hydrogens is 474 g/mol. The first-order valence-electron chi connectivity index (χ1n) is 9.83. The van der Waals surface area contributed by atoms with Gasteiger partial charge in [0.25, 0.3) is 11.8 Å². The Morgan fingerprint density at radius 3 is 2.34 bits per heavy atom. The average Bonchev–Trinajstić information content (AvgIpc) is 2.79. The van der Waals surface area contributed by atoms with Crippen LogP contribution in [0.15, 0.2) is 77.3 Å². The second-order valence-corrected chi connectivity index (χ2v) is 7.80. The smallest absolute Gasteiger partial charge is 0.259 e. The number of nitrogens with one attached hydrogen (secondary N) is 3. The summed E-state index contributed by atoms with van der Waals surface area (Å²) in [5, 5.41) is 8.03.